The van der Waals surface area contributed by atoms with E-state index in [9.17, 15) is 16.8 Å². The first-order valence-corrected chi connectivity index (χ1v) is 11.2. The molecule has 0 amide bonds. The fourth-order valence-corrected chi connectivity index (χ4v) is 5.39. The Morgan fingerprint density at radius 2 is 0.710 bits per heavy atom. The third kappa shape index (κ3) is 4.89. The molecule has 31 heavy (non-hydrogen) atoms. The van der Waals surface area contributed by atoms with Gasteiger partial charge in [-0.2, -0.15) is 16.8 Å². The van der Waals surface area contributed by atoms with Crippen molar-refractivity contribution in [3.05, 3.63) is 24.3 Å². The van der Waals surface area contributed by atoms with Crippen LogP contribution in [-0.4, -0.2) is 59.5 Å². The van der Waals surface area contributed by atoms with Gasteiger partial charge in [-0.05, 0) is 0 Å². The smallest absolute Gasteiger partial charge is 0.315 e. The average Bonchev–Trinajstić information content (AvgIpc) is 2.75. The third-order valence-corrected chi connectivity index (χ3v) is 7.21. The lowest BCUT2D eigenvalue weighted by molar-refractivity contribution is 0.343. The molecule has 0 saturated heterocycles. The van der Waals surface area contributed by atoms with Crippen LogP contribution in [0.25, 0.3) is 0 Å². The van der Waals surface area contributed by atoms with Gasteiger partial charge in [0.15, 0.2) is 23.0 Å². The monoisotopic (exact) mass is 478 g/mol. The van der Waals surface area contributed by atoms with Crippen molar-refractivity contribution in [1.29, 1.82) is 0 Å². The van der Waals surface area contributed by atoms with Crippen molar-refractivity contribution in [3.63, 3.8) is 0 Å². The second-order valence-electron chi connectivity index (χ2n) is 5.69. The van der Waals surface area contributed by atoms with Crippen LogP contribution in [0.5, 0.6) is 34.5 Å². The summed E-state index contributed by atoms with van der Waals surface area (Å²) in [5, 5.41) is 0. The Balaban J connectivity index is 2.62. The van der Waals surface area contributed by atoms with Gasteiger partial charge < -0.3 is 28.4 Å². The van der Waals surface area contributed by atoms with Crippen LogP contribution in [0.1, 0.15) is 0 Å². The third-order valence-electron chi connectivity index (χ3n) is 4.06. The van der Waals surface area contributed by atoms with E-state index in [1.165, 1.54) is 54.8 Å². The van der Waals surface area contributed by atoms with E-state index in [0.717, 1.165) is 12.1 Å². The molecule has 0 spiro atoms. The lowest BCUT2D eigenvalue weighted by Crippen LogP contribution is -2.16. The van der Waals surface area contributed by atoms with Gasteiger partial charge >= 0.3 is 20.2 Å². The predicted molar refractivity (Wildman–Crippen MR) is 108 cm³/mol. The zero-order chi connectivity index (χ0) is 23.4. The van der Waals surface area contributed by atoms with E-state index in [4.69, 9.17) is 28.4 Å². The molecular formula is C18H22O11S2. The maximum atomic E-state index is 12.9. The molecule has 0 saturated carbocycles. The Labute approximate surface area is 180 Å². The lowest BCUT2D eigenvalue weighted by Gasteiger charge is -2.16. The van der Waals surface area contributed by atoms with Crippen LogP contribution in [0.4, 0.5) is 0 Å². The van der Waals surface area contributed by atoms with Crippen LogP contribution >= 0.6 is 0 Å². The summed E-state index contributed by atoms with van der Waals surface area (Å²) in [6, 6.07) is 4.49. The van der Waals surface area contributed by atoms with Gasteiger partial charge in [0, 0.05) is 24.3 Å². The van der Waals surface area contributed by atoms with Crippen molar-refractivity contribution in [2.75, 3.05) is 42.7 Å². The first kappa shape index (κ1) is 24.4. The van der Waals surface area contributed by atoms with E-state index in [2.05, 4.69) is 3.63 Å². The fraction of sp³-hybridized carbons (Fsp3) is 0.333. The summed E-state index contributed by atoms with van der Waals surface area (Å²) in [4.78, 5) is -1.17. The largest absolute Gasteiger partial charge is 0.495 e. The van der Waals surface area contributed by atoms with Crippen molar-refractivity contribution in [1.82, 2.24) is 0 Å². The molecule has 0 aliphatic rings. The SMILES string of the molecule is COc1cc(OC)c(S(=O)(=O)OS(=O)(=O)c2cc(OC)c(OC)cc2OC)cc1OC. The maximum Gasteiger partial charge on any atom is 0.315 e. The molecule has 0 aliphatic carbocycles. The first-order valence-electron chi connectivity index (χ1n) is 8.39. The number of benzene rings is 2. The van der Waals surface area contributed by atoms with Crippen LogP contribution < -0.4 is 28.4 Å². The molecule has 0 aliphatic heterocycles. The summed E-state index contributed by atoms with van der Waals surface area (Å²) in [6.07, 6.45) is 0. The molecule has 2 rings (SSSR count). The summed E-state index contributed by atoms with van der Waals surface area (Å²) in [5.41, 5.74) is 0. The zero-order valence-electron chi connectivity index (χ0n) is 17.6. The standard InChI is InChI=1S/C18H22O11S2/c1-23-11-7-15(27-5)17(9-13(11)25-3)30(19,20)29-31(21,22)18-10-14(26-4)12(24-2)8-16(18)28-6/h7-10H,1-6H3. The highest BCUT2D eigenvalue weighted by Gasteiger charge is 2.34. The van der Waals surface area contributed by atoms with Crippen LogP contribution in [0.15, 0.2) is 34.1 Å². The van der Waals surface area contributed by atoms with Crippen molar-refractivity contribution in [2.24, 2.45) is 0 Å². The van der Waals surface area contributed by atoms with Crippen molar-refractivity contribution in [2.45, 2.75) is 9.79 Å². The molecular weight excluding hydrogens is 456 g/mol. The van der Waals surface area contributed by atoms with Gasteiger partial charge in [-0.3, -0.25) is 0 Å². The van der Waals surface area contributed by atoms with E-state index < -0.39 is 30.0 Å². The Morgan fingerprint density at radius 1 is 0.452 bits per heavy atom. The number of ether oxygens (including phenoxy) is 6. The molecule has 0 heterocycles. The lowest BCUT2D eigenvalue weighted by atomic mass is 10.3. The molecule has 2 aromatic carbocycles. The van der Waals surface area contributed by atoms with E-state index >= 15 is 0 Å². The van der Waals surface area contributed by atoms with Crippen molar-refractivity contribution >= 4 is 20.2 Å². The molecule has 0 atom stereocenters. The molecule has 13 heteroatoms. The topological polar surface area (TPSA) is 133 Å². The highest BCUT2D eigenvalue weighted by Crippen LogP contribution is 2.41. The van der Waals surface area contributed by atoms with E-state index in [1.807, 2.05) is 0 Å². The van der Waals surface area contributed by atoms with E-state index in [-0.39, 0.29) is 34.5 Å². The Morgan fingerprint density at radius 3 is 0.968 bits per heavy atom. The van der Waals surface area contributed by atoms with Gasteiger partial charge in [0.2, 0.25) is 0 Å². The van der Waals surface area contributed by atoms with E-state index in [0.29, 0.717) is 0 Å². The van der Waals surface area contributed by atoms with Gasteiger partial charge in [-0.15, -0.1) is 3.63 Å². The predicted octanol–water partition coefficient (Wildman–Crippen LogP) is 1.83. The van der Waals surface area contributed by atoms with Crippen LogP contribution in [0, 0.1) is 0 Å². The quantitative estimate of drug-likeness (QED) is 0.495. The molecule has 0 N–H and O–H groups in total. The zero-order valence-corrected chi connectivity index (χ0v) is 19.2. The van der Waals surface area contributed by atoms with Gasteiger partial charge in [0.25, 0.3) is 0 Å². The highest BCUT2D eigenvalue weighted by molar-refractivity contribution is 8.00. The fourth-order valence-electron chi connectivity index (χ4n) is 2.58. The second-order valence-corrected chi connectivity index (χ2v) is 8.93. The van der Waals surface area contributed by atoms with Gasteiger partial charge in [-0.1, -0.05) is 0 Å². The normalized spacial score (nSPS) is 11.5. The maximum absolute atomic E-state index is 12.9. The summed E-state index contributed by atoms with van der Waals surface area (Å²) >= 11 is 0. The molecule has 172 valence electrons. The number of rotatable bonds is 10. The van der Waals surface area contributed by atoms with Gasteiger partial charge in [0.1, 0.15) is 21.3 Å². The summed E-state index contributed by atoms with van der Waals surface area (Å²) < 4.78 is 86.6. The highest BCUT2D eigenvalue weighted by atomic mass is 32.3. The minimum atomic E-state index is -4.90. The molecule has 2 aromatic rings. The Hall–Kier alpha value is -2.90. The molecule has 0 aromatic heterocycles. The summed E-state index contributed by atoms with van der Waals surface area (Å²) in [6.45, 7) is 0. The van der Waals surface area contributed by atoms with Crippen LogP contribution in [0.2, 0.25) is 0 Å². The molecule has 11 nitrogen and oxygen atoms in total. The molecule has 0 unspecified atom stereocenters. The van der Waals surface area contributed by atoms with Crippen LogP contribution in [-0.2, 0) is 23.9 Å². The molecule has 0 bridgehead atoms. The van der Waals surface area contributed by atoms with Crippen LogP contribution in [0.3, 0.4) is 0 Å². The first-order chi connectivity index (χ1) is 14.6. The van der Waals surface area contributed by atoms with Gasteiger partial charge in [-0.25, -0.2) is 0 Å². The summed E-state index contributed by atoms with van der Waals surface area (Å²) in [7, 11) is -2.15. The second kappa shape index (κ2) is 9.49. The minimum Gasteiger partial charge on any atom is -0.495 e. The number of methoxy groups -OCH3 is 6. The Bertz CT molecular complexity index is 1060. The van der Waals surface area contributed by atoms with Crippen molar-refractivity contribution in [3.8, 4) is 34.5 Å². The van der Waals surface area contributed by atoms with Gasteiger partial charge in [0.05, 0.1) is 42.7 Å². The molecule has 0 radical (unpaired) electrons. The van der Waals surface area contributed by atoms with Crippen molar-refractivity contribution < 1.29 is 48.9 Å². The Kier molecular flexibility index (Phi) is 7.46. The van der Waals surface area contributed by atoms with E-state index in [1.54, 1.807) is 0 Å². The minimum absolute atomic E-state index is 0.0200. The summed E-state index contributed by atoms with van der Waals surface area (Å²) in [5.74, 6) is -0.0529. The number of hydrogen-bond donors (Lipinski definition) is 0. The molecule has 0 fully saturated rings. The average molecular weight is 478 g/mol. The number of hydrogen-bond acceptors (Lipinski definition) is 11.